The molecule has 1 atom stereocenters. The van der Waals surface area contributed by atoms with Gasteiger partial charge in [0.25, 0.3) is 0 Å². The van der Waals surface area contributed by atoms with Gasteiger partial charge >= 0.3 is 0 Å². The highest BCUT2D eigenvalue weighted by atomic mass is 32.1. The smallest absolute Gasteiger partial charge is 0.131 e. The minimum atomic E-state index is 0.110. The van der Waals surface area contributed by atoms with Gasteiger partial charge in [-0.2, -0.15) is 0 Å². The van der Waals surface area contributed by atoms with Gasteiger partial charge in [0.1, 0.15) is 12.4 Å². The average Bonchev–Trinajstić information content (AvgIpc) is 2.89. The van der Waals surface area contributed by atoms with Crippen molar-refractivity contribution in [3.8, 4) is 5.75 Å². The van der Waals surface area contributed by atoms with Gasteiger partial charge in [-0.1, -0.05) is 12.1 Å². The lowest BCUT2D eigenvalue weighted by Crippen LogP contribution is -2.28. The van der Waals surface area contributed by atoms with Crippen molar-refractivity contribution in [2.45, 2.75) is 33.0 Å². The number of aromatic nitrogens is 1. The van der Waals surface area contributed by atoms with Crippen molar-refractivity contribution >= 4 is 11.3 Å². The molecular formula is C15H20N2O2S. The maximum Gasteiger partial charge on any atom is 0.131 e. The van der Waals surface area contributed by atoms with Crippen LogP contribution in [0.3, 0.4) is 0 Å². The van der Waals surface area contributed by atoms with Crippen LogP contribution >= 0.6 is 11.3 Å². The number of thiazole rings is 1. The molecule has 0 aliphatic heterocycles. The first-order valence-corrected chi connectivity index (χ1v) is 7.52. The molecular weight excluding hydrogens is 272 g/mol. The number of benzene rings is 1. The summed E-state index contributed by atoms with van der Waals surface area (Å²) in [6, 6.07) is 8.08. The van der Waals surface area contributed by atoms with Crippen LogP contribution in [0.2, 0.25) is 0 Å². The minimum Gasteiger partial charge on any atom is -0.487 e. The van der Waals surface area contributed by atoms with Crippen LogP contribution in [0, 0.1) is 6.92 Å². The van der Waals surface area contributed by atoms with Crippen LogP contribution < -0.4 is 10.1 Å². The van der Waals surface area contributed by atoms with Gasteiger partial charge in [-0.3, -0.25) is 0 Å². The SMILES string of the molecule is Cc1nc(COc2ccc(CN[C@H](C)CO)cc2)cs1. The van der Waals surface area contributed by atoms with Gasteiger partial charge in [0, 0.05) is 18.0 Å². The van der Waals surface area contributed by atoms with Gasteiger partial charge in [0.05, 0.1) is 17.3 Å². The zero-order valence-corrected chi connectivity index (χ0v) is 12.6. The van der Waals surface area contributed by atoms with E-state index in [4.69, 9.17) is 9.84 Å². The Labute approximate surface area is 123 Å². The number of aliphatic hydroxyl groups is 1. The van der Waals surface area contributed by atoms with Gasteiger partial charge < -0.3 is 15.2 Å². The average molecular weight is 292 g/mol. The van der Waals surface area contributed by atoms with Crippen LogP contribution in [0.5, 0.6) is 5.75 Å². The Morgan fingerprint density at radius 2 is 2.10 bits per heavy atom. The normalized spacial score (nSPS) is 12.3. The standard InChI is InChI=1S/C15H20N2O2S/c1-11(8-18)16-7-13-3-5-15(6-4-13)19-9-14-10-20-12(2)17-14/h3-6,10-11,16,18H,7-9H2,1-2H3/t11-/m1/s1. The summed E-state index contributed by atoms with van der Waals surface area (Å²) in [6.45, 7) is 5.34. The molecule has 1 aromatic carbocycles. The minimum absolute atomic E-state index is 0.110. The summed E-state index contributed by atoms with van der Waals surface area (Å²) in [7, 11) is 0. The number of rotatable bonds is 7. The number of nitrogens with zero attached hydrogens (tertiary/aromatic N) is 1. The third kappa shape index (κ3) is 4.59. The van der Waals surface area contributed by atoms with Crippen LogP contribution in [0.4, 0.5) is 0 Å². The van der Waals surface area contributed by atoms with E-state index in [0.29, 0.717) is 6.61 Å². The summed E-state index contributed by atoms with van der Waals surface area (Å²) in [5, 5.41) is 15.3. The number of aliphatic hydroxyl groups excluding tert-OH is 1. The van der Waals surface area contributed by atoms with Crippen LogP contribution in [-0.4, -0.2) is 22.7 Å². The van der Waals surface area contributed by atoms with E-state index in [1.54, 1.807) is 11.3 Å². The molecule has 2 rings (SSSR count). The van der Waals surface area contributed by atoms with Gasteiger partial charge in [-0.25, -0.2) is 4.98 Å². The Hall–Kier alpha value is -1.43. The van der Waals surface area contributed by atoms with Crippen LogP contribution in [0.1, 0.15) is 23.2 Å². The summed E-state index contributed by atoms with van der Waals surface area (Å²) in [5.74, 6) is 0.842. The maximum absolute atomic E-state index is 8.95. The van der Waals surface area contributed by atoms with Gasteiger partial charge in [-0.05, 0) is 31.5 Å². The third-order valence-electron chi connectivity index (χ3n) is 2.91. The zero-order valence-electron chi connectivity index (χ0n) is 11.8. The molecule has 4 nitrogen and oxygen atoms in total. The molecule has 108 valence electrons. The Balaban J connectivity index is 1.82. The number of ether oxygens (including phenoxy) is 1. The van der Waals surface area contributed by atoms with Crippen molar-refractivity contribution in [1.29, 1.82) is 0 Å². The number of aryl methyl sites for hydroxylation is 1. The first-order chi connectivity index (χ1) is 9.67. The third-order valence-corrected chi connectivity index (χ3v) is 3.73. The molecule has 0 fully saturated rings. The molecule has 0 aliphatic rings. The molecule has 0 unspecified atom stereocenters. The molecule has 0 aliphatic carbocycles. The van der Waals surface area contributed by atoms with Crippen LogP contribution in [0.15, 0.2) is 29.6 Å². The monoisotopic (exact) mass is 292 g/mol. The lowest BCUT2D eigenvalue weighted by Gasteiger charge is -2.11. The summed E-state index contributed by atoms with van der Waals surface area (Å²) in [6.07, 6.45) is 0. The summed E-state index contributed by atoms with van der Waals surface area (Å²) < 4.78 is 5.69. The molecule has 1 heterocycles. The van der Waals surface area contributed by atoms with Gasteiger partial charge in [0.2, 0.25) is 0 Å². The number of nitrogens with one attached hydrogen (secondary N) is 1. The largest absolute Gasteiger partial charge is 0.487 e. The molecule has 2 aromatic rings. The summed E-state index contributed by atoms with van der Waals surface area (Å²) in [4.78, 5) is 4.36. The molecule has 5 heteroatoms. The molecule has 20 heavy (non-hydrogen) atoms. The van der Waals surface area contributed by atoms with Crippen molar-refractivity contribution < 1.29 is 9.84 Å². The van der Waals surface area contributed by atoms with E-state index in [2.05, 4.69) is 10.3 Å². The van der Waals surface area contributed by atoms with Gasteiger partial charge in [0.15, 0.2) is 0 Å². The van der Waals surface area contributed by atoms with Crippen LogP contribution in [0.25, 0.3) is 0 Å². The molecule has 0 saturated heterocycles. The Morgan fingerprint density at radius 1 is 1.35 bits per heavy atom. The fourth-order valence-electron chi connectivity index (χ4n) is 1.69. The topological polar surface area (TPSA) is 54.4 Å². The van der Waals surface area contributed by atoms with E-state index in [1.165, 1.54) is 5.56 Å². The first-order valence-electron chi connectivity index (χ1n) is 6.64. The highest BCUT2D eigenvalue weighted by Gasteiger charge is 2.02. The fourth-order valence-corrected chi connectivity index (χ4v) is 2.29. The Bertz CT molecular complexity index is 525. The second kappa shape index (κ2) is 7.38. The van der Waals surface area contributed by atoms with Crippen molar-refractivity contribution in [3.63, 3.8) is 0 Å². The summed E-state index contributed by atoms with van der Waals surface area (Å²) in [5.41, 5.74) is 2.14. The predicted molar refractivity (Wildman–Crippen MR) is 81.0 cm³/mol. The Morgan fingerprint density at radius 3 is 2.70 bits per heavy atom. The van der Waals surface area contributed by atoms with Crippen molar-refractivity contribution in [2.24, 2.45) is 0 Å². The first kappa shape index (κ1) is 15.0. The molecule has 0 saturated carbocycles. The highest BCUT2D eigenvalue weighted by Crippen LogP contribution is 2.15. The van der Waals surface area contributed by atoms with E-state index in [-0.39, 0.29) is 12.6 Å². The number of hydrogen-bond donors (Lipinski definition) is 2. The molecule has 2 N–H and O–H groups in total. The van der Waals surface area contributed by atoms with E-state index in [0.717, 1.165) is 23.0 Å². The second-order valence-electron chi connectivity index (χ2n) is 4.76. The molecule has 0 amide bonds. The van der Waals surface area contributed by atoms with E-state index in [1.807, 2.05) is 43.5 Å². The van der Waals surface area contributed by atoms with Crippen LogP contribution in [-0.2, 0) is 13.2 Å². The van der Waals surface area contributed by atoms with E-state index < -0.39 is 0 Å². The molecule has 0 radical (unpaired) electrons. The van der Waals surface area contributed by atoms with Crippen molar-refractivity contribution in [3.05, 3.63) is 45.9 Å². The quantitative estimate of drug-likeness (QED) is 0.823. The lowest BCUT2D eigenvalue weighted by atomic mass is 10.2. The van der Waals surface area contributed by atoms with Gasteiger partial charge in [-0.15, -0.1) is 11.3 Å². The maximum atomic E-state index is 8.95. The van der Waals surface area contributed by atoms with E-state index >= 15 is 0 Å². The summed E-state index contributed by atoms with van der Waals surface area (Å²) >= 11 is 1.63. The second-order valence-corrected chi connectivity index (χ2v) is 5.82. The molecule has 1 aromatic heterocycles. The fraction of sp³-hybridized carbons (Fsp3) is 0.400. The lowest BCUT2D eigenvalue weighted by molar-refractivity contribution is 0.251. The number of hydrogen-bond acceptors (Lipinski definition) is 5. The molecule has 0 spiro atoms. The predicted octanol–water partition coefficient (Wildman–Crippen LogP) is 2.50. The van der Waals surface area contributed by atoms with Crippen molar-refractivity contribution in [1.82, 2.24) is 10.3 Å². The van der Waals surface area contributed by atoms with E-state index in [9.17, 15) is 0 Å². The highest BCUT2D eigenvalue weighted by molar-refractivity contribution is 7.09. The Kier molecular flexibility index (Phi) is 5.52. The van der Waals surface area contributed by atoms with Crippen molar-refractivity contribution in [2.75, 3.05) is 6.61 Å². The zero-order chi connectivity index (χ0) is 14.4. The molecule has 0 bridgehead atoms.